The van der Waals surface area contributed by atoms with Crippen molar-refractivity contribution in [2.24, 2.45) is 0 Å². The number of carbonyl (C=O) groups excluding carboxylic acids is 1. The van der Waals surface area contributed by atoms with E-state index in [1.54, 1.807) is 11.1 Å². The number of piperazine rings is 1. The fourth-order valence-electron chi connectivity index (χ4n) is 2.34. The van der Waals surface area contributed by atoms with E-state index in [1.165, 1.54) is 0 Å². The molecule has 1 aromatic heterocycles. The molecule has 0 aromatic carbocycles. The molecular weight excluding hydrogens is 268 g/mol. The number of nitrogens with two attached hydrogens (primary N) is 1. The molecule has 0 bridgehead atoms. The van der Waals surface area contributed by atoms with Gasteiger partial charge in [0, 0.05) is 25.7 Å². The van der Waals surface area contributed by atoms with Gasteiger partial charge in [-0.3, -0.25) is 0 Å². The van der Waals surface area contributed by atoms with Crippen molar-refractivity contribution in [3.05, 3.63) is 18.3 Å². The fourth-order valence-corrected chi connectivity index (χ4v) is 2.34. The number of nitrogen functional groups attached to an aromatic ring is 1. The molecule has 116 valence electrons. The van der Waals surface area contributed by atoms with Crippen molar-refractivity contribution in [3.8, 4) is 0 Å². The number of ether oxygens (including phenoxy) is 1. The molecule has 0 saturated carbocycles. The number of hydrogen-bond acceptors (Lipinski definition) is 5. The minimum absolute atomic E-state index is 0.0768. The molecule has 6 nitrogen and oxygen atoms in total. The van der Waals surface area contributed by atoms with E-state index in [0.717, 1.165) is 18.9 Å². The lowest BCUT2D eigenvalue weighted by Gasteiger charge is -2.40. The summed E-state index contributed by atoms with van der Waals surface area (Å²) in [6, 6.07) is 3.83. The Hall–Kier alpha value is -1.98. The van der Waals surface area contributed by atoms with Crippen LogP contribution in [0.3, 0.4) is 0 Å². The molecule has 2 heterocycles. The summed E-state index contributed by atoms with van der Waals surface area (Å²) in [5.41, 5.74) is 5.84. The Labute approximate surface area is 125 Å². The summed E-state index contributed by atoms with van der Waals surface area (Å²) >= 11 is 0. The SMILES string of the molecule is CC1CN(c2ccc(N)cn2)CCN1C(=O)OC(C)(C)C. The first-order valence-electron chi connectivity index (χ1n) is 7.22. The third-order valence-corrected chi connectivity index (χ3v) is 3.35. The third kappa shape index (κ3) is 4.00. The molecule has 2 rings (SSSR count). The van der Waals surface area contributed by atoms with Crippen LogP contribution in [0.1, 0.15) is 27.7 Å². The zero-order valence-corrected chi connectivity index (χ0v) is 13.2. The highest BCUT2D eigenvalue weighted by Gasteiger charge is 2.31. The van der Waals surface area contributed by atoms with Crippen molar-refractivity contribution < 1.29 is 9.53 Å². The minimum Gasteiger partial charge on any atom is -0.444 e. The lowest BCUT2D eigenvalue weighted by molar-refractivity contribution is 0.0158. The molecule has 1 saturated heterocycles. The Bertz CT molecular complexity index is 495. The molecule has 0 spiro atoms. The van der Waals surface area contributed by atoms with E-state index >= 15 is 0 Å². The van der Waals surface area contributed by atoms with Crippen LogP contribution in [0.5, 0.6) is 0 Å². The van der Waals surface area contributed by atoms with E-state index < -0.39 is 5.60 Å². The van der Waals surface area contributed by atoms with Crippen molar-refractivity contribution in [1.82, 2.24) is 9.88 Å². The van der Waals surface area contributed by atoms with Gasteiger partial charge in [0.25, 0.3) is 0 Å². The van der Waals surface area contributed by atoms with Crippen LogP contribution in [-0.2, 0) is 4.74 Å². The fraction of sp³-hybridized carbons (Fsp3) is 0.600. The predicted octanol–water partition coefficient (Wildman–Crippen LogP) is 2.11. The van der Waals surface area contributed by atoms with Crippen LogP contribution in [0.2, 0.25) is 0 Å². The number of hydrogen-bond donors (Lipinski definition) is 1. The molecule has 6 heteroatoms. The second-order valence-corrected chi connectivity index (χ2v) is 6.42. The van der Waals surface area contributed by atoms with E-state index in [4.69, 9.17) is 10.5 Å². The highest BCUT2D eigenvalue weighted by Crippen LogP contribution is 2.20. The lowest BCUT2D eigenvalue weighted by Crippen LogP contribution is -2.55. The summed E-state index contributed by atoms with van der Waals surface area (Å²) in [6.45, 7) is 9.75. The van der Waals surface area contributed by atoms with Gasteiger partial charge in [-0.05, 0) is 39.8 Å². The molecule has 0 radical (unpaired) electrons. The zero-order valence-electron chi connectivity index (χ0n) is 13.2. The van der Waals surface area contributed by atoms with Crippen LogP contribution in [0.15, 0.2) is 18.3 Å². The van der Waals surface area contributed by atoms with Gasteiger partial charge in [-0.2, -0.15) is 0 Å². The average Bonchev–Trinajstić information content (AvgIpc) is 2.37. The smallest absolute Gasteiger partial charge is 0.410 e. The van der Waals surface area contributed by atoms with Gasteiger partial charge in [-0.25, -0.2) is 9.78 Å². The second kappa shape index (κ2) is 5.79. The van der Waals surface area contributed by atoms with E-state index in [-0.39, 0.29) is 12.1 Å². The summed E-state index contributed by atoms with van der Waals surface area (Å²) in [6.07, 6.45) is 1.40. The first-order valence-corrected chi connectivity index (χ1v) is 7.22. The van der Waals surface area contributed by atoms with E-state index in [2.05, 4.69) is 9.88 Å². The van der Waals surface area contributed by atoms with Gasteiger partial charge in [-0.1, -0.05) is 0 Å². The van der Waals surface area contributed by atoms with E-state index in [9.17, 15) is 4.79 Å². The first-order chi connectivity index (χ1) is 9.76. The number of amides is 1. The van der Waals surface area contributed by atoms with Crippen molar-refractivity contribution in [1.29, 1.82) is 0 Å². The standard InChI is InChI=1S/C15H24N4O2/c1-11-10-18(13-6-5-12(16)9-17-13)7-8-19(11)14(20)21-15(2,3)4/h5-6,9,11H,7-8,10,16H2,1-4H3. The second-order valence-electron chi connectivity index (χ2n) is 6.42. The van der Waals surface area contributed by atoms with Crippen molar-refractivity contribution >= 4 is 17.6 Å². The van der Waals surface area contributed by atoms with Crippen molar-refractivity contribution in [3.63, 3.8) is 0 Å². The minimum atomic E-state index is -0.466. The maximum atomic E-state index is 12.2. The number of rotatable bonds is 1. The number of anilines is 2. The molecule has 1 aliphatic rings. The topological polar surface area (TPSA) is 71.7 Å². The van der Waals surface area contributed by atoms with Crippen molar-refractivity contribution in [2.45, 2.75) is 39.3 Å². The molecule has 1 unspecified atom stereocenters. The molecule has 1 fully saturated rings. The van der Waals surface area contributed by atoms with Crippen LogP contribution >= 0.6 is 0 Å². The summed E-state index contributed by atoms with van der Waals surface area (Å²) in [4.78, 5) is 20.4. The van der Waals surface area contributed by atoms with Crippen LogP contribution in [-0.4, -0.2) is 47.3 Å². The van der Waals surface area contributed by atoms with Gasteiger partial charge in [-0.15, -0.1) is 0 Å². The van der Waals surface area contributed by atoms with Gasteiger partial charge in [0.15, 0.2) is 0 Å². The third-order valence-electron chi connectivity index (χ3n) is 3.35. The number of nitrogens with zero attached hydrogens (tertiary/aromatic N) is 3. The average molecular weight is 292 g/mol. The first kappa shape index (κ1) is 15.4. The zero-order chi connectivity index (χ0) is 15.6. The van der Waals surface area contributed by atoms with Gasteiger partial charge in [0.1, 0.15) is 11.4 Å². The number of aromatic nitrogens is 1. The Kier molecular flexibility index (Phi) is 4.25. The summed E-state index contributed by atoms with van der Waals surface area (Å²) in [5, 5.41) is 0. The predicted molar refractivity (Wildman–Crippen MR) is 83.3 cm³/mol. The number of carbonyl (C=O) groups is 1. The molecule has 0 aliphatic carbocycles. The Morgan fingerprint density at radius 3 is 2.62 bits per heavy atom. The highest BCUT2D eigenvalue weighted by molar-refractivity contribution is 5.69. The number of pyridine rings is 1. The van der Waals surface area contributed by atoms with Crippen LogP contribution in [0, 0.1) is 0 Å². The largest absolute Gasteiger partial charge is 0.444 e. The van der Waals surface area contributed by atoms with Gasteiger partial charge >= 0.3 is 6.09 Å². The summed E-state index contributed by atoms with van der Waals surface area (Å²) < 4.78 is 5.44. The van der Waals surface area contributed by atoms with Crippen LogP contribution in [0.4, 0.5) is 16.3 Å². The molecule has 1 amide bonds. The quantitative estimate of drug-likeness (QED) is 0.858. The van der Waals surface area contributed by atoms with E-state index in [1.807, 2.05) is 39.8 Å². The van der Waals surface area contributed by atoms with Crippen LogP contribution < -0.4 is 10.6 Å². The van der Waals surface area contributed by atoms with Gasteiger partial charge in [0.05, 0.1) is 11.9 Å². The van der Waals surface area contributed by atoms with Gasteiger partial charge < -0.3 is 20.3 Å². The molecule has 1 atom stereocenters. The van der Waals surface area contributed by atoms with Crippen molar-refractivity contribution in [2.75, 3.05) is 30.3 Å². The lowest BCUT2D eigenvalue weighted by atomic mass is 10.2. The van der Waals surface area contributed by atoms with E-state index in [0.29, 0.717) is 12.2 Å². The maximum absolute atomic E-state index is 12.2. The Morgan fingerprint density at radius 2 is 2.10 bits per heavy atom. The molecule has 1 aromatic rings. The Morgan fingerprint density at radius 1 is 1.38 bits per heavy atom. The molecular formula is C15H24N4O2. The molecule has 1 aliphatic heterocycles. The monoisotopic (exact) mass is 292 g/mol. The highest BCUT2D eigenvalue weighted by atomic mass is 16.6. The molecule has 2 N–H and O–H groups in total. The summed E-state index contributed by atoms with van der Waals surface area (Å²) in [7, 11) is 0. The Balaban J connectivity index is 1.99. The normalized spacial score (nSPS) is 19.5. The van der Waals surface area contributed by atoms with Gasteiger partial charge in [0.2, 0.25) is 0 Å². The molecule has 21 heavy (non-hydrogen) atoms. The van der Waals surface area contributed by atoms with Crippen LogP contribution in [0.25, 0.3) is 0 Å². The summed E-state index contributed by atoms with van der Waals surface area (Å²) in [5.74, 6) is 0.889. The maximum Gasteiger partial charge on any atom is 0.410 e.